The van der Waals surface area contributed by atoms with Crippen molar-refractivity contribution in [1.82, 2.24) is 0 Å². The first-order valence-electron chi connectivity index (χ1n) is 35.9. The molecule has 0 fully saturated rings. The molecule has 0 heterocycles. The van der Waals surface area contributed by atoms with Gasteiger partial charge in [0.15, 0.2) is 0 Å². The Morgan fingerprint density at radius 3 is 0.383 bits per heavy atom. The van der Waals surface area contributed by atoms with Crippen LogP contribution in [0.4, 0.5) is 0 Å². The molecule has 0 aromatic heterocycles. The first-order chi connectivity index (χ1) is 38.4. The summed E-state index contributed by atoms with van der Waals surface area (Å²) in [7, 11) is 0. The minimum Gasteiger partial charge on any atom is -1.00 e. The maximum atomic E-state index is 11.9. The molecule has 0 unspecified atom stereocenters. The van der Waals surface area contributed by atoms with Crippen LogP contribution in [0.2, 0.25) is 0 Å². The molecule has 0 aromatic carbocycles. The average Bonchev–Trinajstić information content (AvgIpc) is 3.43. The van der Waals surface area contributed by atoms with Crippen molar-refractivity contribution in [2.75, 3.05) is 0 Å². The number of ether oxygens (including phenoxy) is 2. The quantitative estimate of drug-likeness (QED) is 0.0261. The summed E-state index contributed by atoms with van der Waals surface area (Å²) in [6.45, 7) is 9.11. The summed E-state index contributed by atoms with van der Waals surface area (Å²) in [5.74, 6) is -1.29. The fourth-order valence-corrected chi connectivity index (χ4v) is 11.0. The van der Waals surface area contributed by atoms with Crippen LogP contribution in [0.3, 0.4) is 0 Å². The SMILES string of the molecule is CCCCCCCCCCCCCCCCCC(=O)OC(=O)CCCCCCCCCCCCCCCCC.CCCCCCCCCCCCCCCCCC(=O)OC(=O)CCCCCCCCCCCCCCCCC.[Ca+2].[H-].[H-].[H-].[H-].[Mg+2].[Zn]. The summed E-state index contributed by atoms with van der Waals surface area (Å²) in [5, 5.41) is 0. The summed E-state index contributed by atoms with van der Waals surface area (Å²) in [6.07, 6.45) is 80.2. The third-order valence-corrected chi connectivity index (χ3v) is 16.4. The molecule has 0 bridgehead atoms. The first kappa shape index (κ1) is 90.7. The number of hydrogen-bond acceptors (Lipinski definition) is 6. The molecule has 0 N–H and O–H groups in total. The molecule has 0 saturated carbocycles. The van der Waals surface area contributed by atoms with Crippen LogP contribution < -0.4 is 0 Å². The molecule has 9 heteroatoms. The summed E-state index contributed by atoms with van der Waals surface area (Å²) in [4.78, 5) is 47.6. The molecule has 0 aliphatic heterocycles. The van der Waals surface area contributed by atoms with Crippen molar-refractivity contribution in [2.45, 2.75) is 439 Å². The number of carbonyl (C=O) groups is 4. The number of unbranched alkanes of at least 4 members (excludes halogenated alkanes) is 56. The van der Waals surface area contributed by atoms with Crippen molar-refractivity contribution in [2.24, 2.45) is 0 Å². The van der Waals surface area contributed by atoms with Crippen LogP contribution in [0.1, 0.15) is 444 Å². The van der Waals surface area contributed by atoms with Gasteiger partial charge < -0.3 is 15.2 Å². The van der Waals surface area contributed by atoms with Crippen LogP contribution >= 0.6 is 0 Å². The van der Waals surface area contributed by atoms with Gasteiger partial charge in [0.05, 0.1) is 0 Å². The topological polar surface area (TPSA) is 86.7 Å². The molecule has 0 saturated heterocycles. The molecule has 0 spiro atoms. The normalized spacial score (nSPS) is 10.8. The van der Waals surface area contributed by atoms with E-state index in [0.29, 0.717) is 25.7 Å². The van der Waals surface area contributed by atoms with Gasteiger partial charge in [0, 0.05) is 45.2 Å². The Morgan fingerprint density at radius 1 is 0.198 bits per heavy atom. The molecule has 0 atom stereocenters. The van der Waals surface area contributed by atoms with Gasteiger partial charge in [-0.3, -0.25) is 19.2 Å². The van der Waals surface area contributed by atoms with Gasteiger partial charge in [0.1, 0.15) is 0 Å². The Bertz CT molecular complexity index is 1050. The van der Waals surface area contributed by atoms with E-state index in [1.165, 1.54) is 334 Å². The zero-order valence-electron chi connectivity index (χ0n) is 59.8. The van der Waals surface area contributed by atoms with Crippen molar-refractivity contribution in [3.05, 3.63) is 0 Å². The van der Waals surface area contributed by atoms with Crippen LogP contribution in [-0.4, -0.2) is 84.7 Å². The van der Waals surface area contributed by atoms with E-state index in [1.807, 2.05) is 0 Å². The summed E-state index contributed by atoms with van der Waals surface area (Å²) in [5.41, 5.74) is 0. The third-order valence-electron chi connectivity index (χ3n) is 16.4. The molecular formula is C72H144CaMgO6Zn. The molecule has 0 amide bonds. The van der Waals surface area contributed by atoms with E-state index in [2.05, 4.69) is 27.7 Å². The molecular weight excluding hydrogens is 1090 g/mol. The van der Waals surface area contributed by atoms with Gasteiger partial charge in [0.25, 0.3) is 0 Å². The second-order valence-corrected chi connectivity index (χ2v) is 24.5. The van der Waals surface area contributed by atoms with E-state index >= 15 is 0 Å². The zero-order chi connectivity index (χ0) is 57.0. The van der Waals surface area contributed by atoms with E-state index in [0.717, 1.165) is 51.4 Å². The molecule has 0 aromatic rings. The van der Waals surface area contributed by atoms with Gasteiger partial charge in [-0.05, 0) is 25.7 Å². The van der Waals surface area contributed by atoms with Gasteiger partial charge in [0.2, 0.25) is 0 Å². The fraction of sp³-hybridized carbons (Fsp3) is 0.944. The minimum atomic E-state index is -0.323. The molecule has 6 nitrogen and oxygen atoms in total. The maximum Gasteiger partial charge on any atom is 2.00 e. The predicted octanol–water partition coefficient (Wildman–Crippen LogP) is 24.8. The largest absolute Gasteiger partial charge is 2.00 e. The standard InChI is InChI=1S/2C36H70O3.Ca.Mg.Zn.4H/c2*1-3-5-7-9-11-13-15-17-19-21-23-25-27-29-31-33-35(37)39-36(38)34-32-30-28-26-24-22-20-18-16-14-12-10-8-6-4-2;;;;;;;/h2*3-34H2,1-2H3;;;;;;;/q;;2*+2;;4*-1. The number of hydrogen-bond donors (Lipinski definition) is 0. The van der Waals surface area contributed by atoms with Crippen molar-refractivity contribution in [3.8, 4) is 0 Å². The van der Waals surface area contributed by atoms with Crippen molar-refractivity contribution in [3.63, 3.8) is 0 Å². The minimum absolute atomic E-state index is 0. The van der Waals surface area contributed by atoms with Crippen molar-refractivity contribution < 1.29 is 53.8 Å². The Morgan fingerprint density at radius 2 is 0.284 bits per heavy atom. The Labute approximate surface area is 572 Å². The van der Waals surface area contributed by atoms with Gasteiger partial charge in [-0.15, -0.1) is 0 Å². The van der Waals surface area contributed by atoms with Crippen LogP contribution in [-0.2, 0) is 48.1 Å². The zero-order valence-corrected chi connectivity index (χ0v) is 62.4. The number of esters is 4. The smallest absolute Gasteiger partial charge is 1.00 e. The van der Waals surface area contributed by atoms with Crippen LogP contribution in [0, 0.1) is 0 Å². The monoisotopic (exact) mass is 1230 g/mol. The molecule has 0 aliphatic rings. The summed E-state index contributed by atoms with van der Waals surface area (Å²) in [6, 6.07) is 0. The first-order valence-corrected chi connectivity index (χ1v) is 35.9. The molecule has 0 rings (SSSR count). The molecule has 81 heavy (non-hydrogen) atoms. The Hall–Kier alpha value is 0.929. The van der Waals surface area contributed by atoms with Gasteiger partial charge in [-0.25, -0.2) is 0 Å². The second-order valence-electron chi connectivity index (χ2n) is 24.5. The molecule has 0 aliphatic carbocycles. The third kappa shape index (κ3) is 85.2. The van der Waals surface area contributed by atoms with Gasteiger partial charge in [-0.2, -0.15) is 0 Å². The average molecular weight is 1240 g/mol. The van der Waals surface area contributed by atoms with E-state index < -0.39 is 0 Å². The van der Waals surface area contributed by atoms with E-state index in [4.69, 9.17) is 9.47 Å². The molecule has 0 radical (unpaired) electrons. The Kier molecular flexibility index (Phi) is 92.9. The Balaban J connectivity index is -0.000000179. The predicted molar refractivity (Wildman–Crippen MR) is 356 cm³/mol. The van der Waals surface area contributed by atoms with Crippen LogP contribution in [0.25, 0.3) is 0 Å². The van der Waals surface area contributed by atoms with E-state index in [-0.39, 0.29) is 110 Å². The van der Waals surface area contributed by atoms with Crippen molar-refractivity contribution in [1.29, 1.82) is 0 Å². The fourth-order valence-electron chi connectivity index (χ4n) is 11.0. The molecule has 474 valence electrons. The number of rotatable bonds is 64. The maximum absolute atomic E-state index is 11.9. The van der Waals surface area contributed by atoms with E-state index in [9.17, 15) is 19.2 Å². The summed E-state index contributed by atoms with van der Waals surface area (Å²) >= 11 is 0. The van der Waals surface area contributed by atoms with Crippen LogP contribution in [0.15, 0.2) is 0 Å². The summed E-state index contributed by atoms with van der Waals surface area (Å²) < 4.78 is 10.0. The van der Waals surface area contributed by atoms with Crippen molar-refractivity contribution >= 4 is 84.7 Å². The second kappa shape index (κ2) is 83.0. The van der Waals surface area contributed by atoms with E-state index in [1.54, 1.807) is 0 Å². The van der Waals surface area contributed by atoms with Crippen LogP contribution in [0.5, 0.6) is 0 Å². The number of carbonyl (C=O) groups excluding carboxylic acids is 4. The van der Waals surface area contributed by atoms with Gasteiger partial charge in [-0.1, -0.05) is 387 Å². The van der Waals surface area contributed by atoms with Gasteiger partial charge >= 0.3 is 84.7 Å².